The molecule has 0 bridgehead atoms. The van der Waals surface area contributed by atoms with Gasteiger partial charge in [0, 0.05) is 12.1 Å². The molecule has 0 saturated heterocycles. The SMILES string of the molecule is Cc1ccc(S(=O)(=O)N(Cc2ccccc2)c2ccc(OC[C@H](O)CNC(C)(C)Cc3ccc4ccccc4c3)c(C#N)c2)cc1. The number of aliphatic hydroxyl groups excluding tert-OH is 1. The Bertz CT molecular complexity index is 1940. The summed E-state index contributed by atoms with van der Waals surface area (Å²) in [6.07, 6.45) is -0.0604. The topological polar surface area (TPSA) is 103 Å². The molecule has 0 aliphatic carbocycles. The monoisotopic (exact) mass is 633 g/mol. The number of benzene rings is 5. The first-order valence-electron chi connectivity index (χ1n) is 15.3. The van der Waals surface area contributed by atoms with E-state index in [2.05, 4.69) is 55.6 Å². The van der Waals surface area contributed by atoms with Gasteiger partial charge >= 0.3 is 0 Å². The van der Waals surface area contributed by atoms with Gasteiger partial charge in [0.15, 0.2) is 0 Å². The number of sulfonamides is 1. The van der Waals surface area contributed by atoms with E-state index < -0.39 is 16.1 Å². The number of rotatable bonds is 13. The lowest BCUT2D eigenvalue weighted by Gasteiger charge is -2.28. The van der Waals surface area contributed by atoms with Crippen LogP contribution in [0.1, 0.15) is 36.1 Å². The number of nitrogens with one attached hydrogen (secondary N) is 1. The van der Waals surface area contributed by atoms with E-state index in [1.165, 1.54) is 26.7 Å². The molecular formula is C38H39N3O4S. The molecule has 0 fully saturated rings. The van der Waals surface area contributed by atoms with E-state index in [-0.39, 0.29) is 34.9 Å². The van der Waals surface area contributed by atoms with Gasteiger partial charge in [-0.15, -0.1) is 0 Å². The highest BCUT2D eigenvalue weighted by Crippen LogP contribution is 2.31. The minimum absolute atomic E-state index is 0.0392. The normalized spacial score (nSPS) is 12.4. The molecule has 0 aromatic heterocycles. The van der Waals surface area contributed by atoms with Crippen LogP contribution in [0, 0.1) is 18.3 Å². The molecule has 1 atom stereocenters. The molecule has 0 unspecified atom stereocenters. The number of hydrogen-bond acceptors (Lipinski definition) is 6. The van der Waals surface area contributed by atoms with Crippen molar-refractivity contribution in [3.8, 4) is 11.8 Å². The highest BCUT2D eigenvalue weighted by Gasteiger charge is 2.26. The summed E-state index contributed by atoms with van der Waals surface area (Å²) in [5, 5.41) is 26.5. The largest absolute Gasteiger partial charge is 0.489 e. The zero-order valence-corrected chi connectivity index (χ0v) is 27.2. The van der Waals surface area contributed by atoms with Gasteiger partial charge in [-0.05, 0) is 79.4 Å². The number of aryl methyl sites for hydroxylation is 1. The van der Waals surface area contributed by atoms with E-state index in [0.717, 1.165) is 17.5 Å². The lowest BCUT2D eigenvalue weighted by Crippen LogP contribution is -2.46. The number of fused-ring (bicyclic) bond motifs is 1. The zero-order valence-electron chi connectivity index (χ0n) is 26.4. The van der Waals surface area contributed by atoms with E-state index in [1.807, 2.05) is 49.4 Å². The Hall–Kier alpha value is -4.68. The number of nitriles is 1. The summed E-state index contributed by atoms with van der Waals surface area (Å²) < 4.78 is 34.9. The molecule has 5 aromatic rings. The Morgan fingerprint density at radius 1 is 0.870 bits per heavy atom. The van der Waals surface area contributed by atoms with Gasteiger partial charge in [-0.2, -0.15) is 5.26 Å². The van der Waals surface area contributed by atoms with Crippen LogP contribution >= 0.6 is 0 Å². The molecule has 0 heterocycles. The van der Waals surface area contributed by atoms with Crippen LogP contribution in [-0.4, -0.2) is 38.3 Å². The third kappa shape index (κ3) is 8.12. The number of nitrogens with zero attached hydrogens (tertiary/aromatic N) is 2. The summed E-state index contributed by atoms with van der Waals surface area (Å²) in [7, 11) is -3.95. The maximum atomic E-state index is 13.8. The van der Waals surface area contributed by atoms with Gasteiger partial charge < -0.3 is 15.2 Å². The first-order valence-corrected chi connectivity index (χ1v) is 16.7. The van der Waals surface area contributed by atoms with Crippen molar-refractivity contribution in [2.24, 2.45) is 0 Å². The molecule has 2 N–H and O–H groups in total. The van der Waals surface area contributed by atoms with Crippen LogP contribution < -0.4 is 14.4 Å². The van der Waals surface area contributed by atoms with Gasteiger partial charge in [0.2, 0.25) is 0 Å². The molecule has 0 aliphatic rings. The summed E-state index contributed by atoms with van der Waals surface area (Å²) >= 11 is 0. The molecule has 5 rings (SSSR count). The van der Waals surface area contributed by atoms with Crippen molar-refractivity contribution in [3.63, 3.8) is 0 Å². The molecule has 8 heteroatoms. The second-order valence-electron chi connectivity index (χ2n) is 12.2. The average Bonchev–Trinajstić information content (AvgIpc) is 3.05. The fourth-order valence-corrected chi connectivity index (χ4v) is 6.79. The van der Waals surface area contributed by atoms with E-state index >= 15 is 0 Å². The summed E-state index contributed by atoms with van der Waals surface area (Å²) in [4.78, 5) is 0.159. The van der Waals surface area contributed by atoms with Gasteiger partial charge in [0.1, 0.15) is 24.5 Å². The molecule has 5 aromatic carbocycles. The molecule has 7 nitrogen and oxygen atoms in total. The molecule has 0 radical (unpaired) electrons. The first-order chi connectivity index (χ1) is 22.0. The van der Waals surface area contributed by atoms with Crippen molar-refractivity contribution in [3.05, 3.63) is 138 Å². The predicted molar refractivity (Wildman–Crippen MR) is 183 cm³/mol. The number of anilines is 1. The van der Waals surface area contributed by atoms with Crippen molar-refractivity contribution < 1.29 is 18.3 Å². The fraction of sp³-hybridized carbons (Fsp3) is 0.237. The zero-order chi connectivity index (χ0) is 32.7. The van der Waals surface area contributed by atoms with Gasteiger partial charge in [-0.1, -0.05) is 90.5 Å². The number of β-amino-alcohol motifs (C(OH)–C–C–N with tert-alkyl or cyclic N) is 1. The Morgan fingerprint density at radius 3 is 2.28 bits per heavy atom. The van der Waals surface area contributed by atoms with Gasteiger partial charge in [-0.25, -0.2) is 8.42 Å². The summed E-state index contributed by atoms with van der Waals surface area (Å²) in [5.41, 5.74) is 3.18. The number of hydrogen-bond donors (Lipinski definition) is 2. The molecule has 0 amide bonds. The number of aliphatic hydroxyl groups is 1. The average molecular weight is 634 g/mol. The van der Waals surface area contributed by atoms with Gasteiger partial charge in [0.25, 0.3) is 10.0 Å². The summed E-state index contributed by atoms with van der Waals surface area (Å²) in [6, 6.07) is 37.6. The highest BCUT2D eigenvalue weighted by molar-refractivity contribution is 7.92. The van der Waals surface area contributed by atoms with Crippen LogP contribution in [0.15, 0.2) is 120 Å². The van der Waals surface area contributed by atoms with Crippen molar-refractivity contribution in [2.45, 2.75) is 50.3 Å². The highest BCUT2D eigenvalue weighted by atomic mass is 32.2. The fourth-order valence-electron chi connectivity index (χ4n) is 5.35. The second-order valence-corrected chi connectivity index (χ2v) is 14.1. The van der Waals surface area contributed by atoms with Crippen LogP contribution in [0.3, 0.4) is 0 Å². The standard InChI is InChI=1S/C38H39N3O4S/c1-28-13-18-36(19-14-28)46(43,44)41(26-29-9-5-4-6-10-29)34-17-20-37(33(22-34)24-39)45-27-35(42)25-40-38(2,3)23-30-15-16-31-11-7-8-12-32(31)21-30/h4-22,35,40,42H,23,25-27H2,1-3H3/t35-/m1/s1. The third-order valence-electron chi connectivity index (χ3n) is 7.86. The van der Waals surface area contributed by atoms with Crippen molar-refractivity contribution in [1.82, 2.24) is 5.32 Å². The van der Waals surface area contributed by atoms with Gasteiger partial charge in [-0.3, -0.25) is 4.31 Å². The summed E-state index contributed by atoms with van der Waals surface area (Å²) in [5.74, 6) is 0.271. The van der Waals surface area contributed by atoms with E-state index in [1.54, 1.807) is 36.4 Å². The number of ether oxygens (including phenoxy) is 1. The summed E-state index contributed by atoms with van der Waals surface area (Å²) in [6.45, 7) is 6.42. The first kappa shape index (κ1) is 32.7. The molecule has 46 heavy (non-hydrogen) atoms. The molecule has 0 spiro atoms. The Morgan fingerprint density at radius 2 is 1.57 bits per heavy atom. The van der Waals surface area contributed by atoms with Gasteiger partial charge in [0.05, 0.1) is 22.7 Å². The van der Waals surface area contributed by atoms with E-state index in [0.29, 0.717) is 12.2 Å². The Kier molecular flexibility index (Phi) is 10.1. The van der Waals surface area contributed by atoms with Crippen LogP contribution in [0.2, 0.25) is 0 Å². The predicted octanol–water partition coefficient (Wildman–Crippen LogP) is 6.77. The lowest BCUT2D eigenvalue weighted by molar-refractivity contribution is 0.0987. The minimum Gasteiger partial charge on any atom is -0.489 e. The smallest absolute Gasteiger partial charge is 0.264 e. The quantitative estimate of drug-likeness (QED) is 0.148. The molecule has 0 saturated carbocycles. The van der Waals surface area contributed by atoms with Crippen molar-refractivity contribution in [1.29, 1.82) is 5.26 Å². The lowest BCUT2D eigenvalue weighted by atomic mass is 9.93. The Labute approximate surface area is 271 Å². The van der Waals surface area contributed by atoms with Crippen LogP contribution in [-0.2, 0) is 23.0 Å². The molecule has 236 valence electrons. The van der Waals surface area contributed by atoms with E-state index in [9.17, 15) is 18.8 Å². The van der Waals surface area contributed by atoms with E-state index in [4.69, 9.17) is 4.74 Å². The van der Waals surface area contributed by atoms with Crippen molar-refractivity contribution >= 4 is 26.5 Å². The van der Waals surface area contributed by atoms with Crippen LogP contribution in [0.25, 0.3) is 10.8 Å². The van der Waals surface area contributed by atoms with Crippen molar-refractivity contribution in [2.75, 3.05) is 17.5 Å². The van der Waals surface area contributed by atoms with Crippen LogP contribution in [0.5, 0.6) is 5.75 Å². The third-order valence-corrected chi connectivity index (χ3v) is 9.65. The maximum absolute atomic E-state index is 13.8. The molecular weight excluding hydrogens is 595 g/mol. The minimum atomic E-state index is -3.95. The second kappa shape index (κ2) is 14.2. The molecule has 0 aliphatic heterocycles. The maximum Gasteiger partial charge on any atom is 0.264 e. The van der Waals surface area contributed by atoms with Crippen LogP contribution in [0.4, 0.5) is 5.69 Å². The Balaban J connectivity index is 1.26.